The normalized spacial score (nSPS) is 57.0. The van der Waals surface area contributed by atoms with E-state index < -0.39 is 0 Å². The van der Waals surface area contributed by atoms with E-state index in [4.69, 9.17) is 0 Å². The topological polar surface area (TPSA) is 17.1 Å². The zero-order valence-electron chi connectivity index (χ0n) is 16.6. The first-order valence-corrected chi connectivity index (χ1v) is 10.8. The number of hydrogen-bond acceptors (Lipinski definition) is 1. The summed E-state index contributed by atoms with van der Waals surface area (Å²) in [4.78, 5) is 12.5. The Morgan fingerprint density at radius 3 is 2.29 bits per heavy atom. The fourth-order valence-electron chi connectivity index (χ4n) is 8.78. The molecule has 0 N–H and O–H groups in total. The molecule has 1 nitrogen and oxygen atoms in total. The molecule has 4 aliphatic rings. The summed E-state index contributed by atoms with van der Waals surface area (Å²) in [6, 6.07) is 0. The first kappa shape index (κ1) is 17.1. The summed E-state index contributed by atoms with van der Waals surface area (Å²) in [5.41, 5.74) is 0.292. The number of Topliss-reactive ketones (excluding diaryl/α,β-unsaturated/α-hetero) is 1. The van der Waals surface area contributed by atoms with Crippen LogP contribution in [0, 0.1) is 58.7 Å². The van der Waals surface area contributed by atoms with Crippen molar-refractivity contribution in [2.75, 3.05) is 0 Å². The van der Waals surface area contributed by atoms with Crippen LogP contribution in [0.2, 0.25) is 0 Å². The molecule has 0 radical (unpaired) electrons. The highest BCUT2D eigenvalue weighted by Crippen LogP contribution is 2.67. The molecule has 1 heteroatoms. The van der Waals surface area contributed by atoms with E-state index in [1.54, 1.807) is 0 Å². The molecule has 0 aromatic heterocycles. The number of fused-ring (bicyclic) bond motifs is 5. The van der Waals surface area contributed by atoms with E-state index in [1.807, 2.05) is 6.92 Å². The van der Waals surface area contributed by atoms with Crippen molar-refractivity contribution in [1.82, 2.24) is 0 Å². The van der Waals surface area contributed by atoms with Gasteiger partial charge in [-0.25, -0.2) is 0 Å². The van der Waals surface area contributed by atoms with Gasteiger partial charge < -0.3 is 0 Å². The number of hydrogen-bond donors (Lipinski definition) is 0. The first-order valence-electron chi connectivity index (χ1n) is 10.8. The Balaban J connectivity index is 1.63. The summed E-state index contributed by atoms with van der Waals surface area (Å²) in [6.07, 6.45) is 10.1. The second-order valence-electron chi connectivity index (χ2n) is 10.6. The summed E-state index contributed by atoms with van der Waals surface area (Å²) in [7, 11) is 0. The summed E-state index contributed by atoms with van der Waals surface area (Å²) >= 11 is 0. The van der Waals surface area contributed by atoms with Gasteiger partial charge in [-0.3, -0.25) is 4.79 Å². The van der Waals surface area contributed by atoms with Crippen molar-refractivity contribution < 1.29 is 4.79 Å². The fraction of sp³-hybridized carbons (Fsp3) is 0.957. The molecule has 0 aromatic rings. The van der Waals surface area contributed by atoms with Crippen molar-refractivity contribution in [3.8, 4) is 0 Å². The maximum atomic E-state index is 12.5. The molecule has 10 atom stereocenters. The minimum atomic E-state index is 0.292. The highest BCUT2D eigenvalue weighted by Gasteiger charge is 2.62. The third kappa shape index (κ3) is 2.28. The summed E-state index contributed by atoms with van der Waals surface area (Å²) < 4.78 is 0. The lowest BCUT2D eigenvalue weighted by Crippen LogP contribution is -2.50. The minimum Gasteiger partial charge on any atom is -0.300 e. The minimum absolute atomic E-state index is 0.292. The zero-order chi connectivity index (χ0) is 17.2. The van der Waals surface area contributed by atoms with Gasteiger partial charge in [-0.05, 0) is 98.2 Å². The molecule has 0 aromatic carbocycles. The molecule has 4 aliphatic carbocycles. The van der Waals surface area contributed by atoms with Crippen LogP contribution in [0.1, 0.15) is 79.6 Å². The van der Waals surface area contributed by atoms with Crippen LogP contribution < -0.4 is 0 Å². The average molecular weight is 331 g/mol. The molecule has 0 aliphatic heterocycles. The third-order valence-corrected chi connectivity index (χ3v) is 9.58. The van der Waals surface area contributed by atoms with E-state index >= 15 is 0 Å². The Bertz CT molecular complexity index is 510. The second-order valence-corrected chi connectivity index (χ2v) is 10.6. The molecule has 0 heterocycles. The van der Waals surface area contributed by atoms with Crippen molar-refractivity contribution in [3.63, 3.8) is 0 Å². The van der Waals surface area contributed by atoms with Gasteiger partial charge >= 0.3 is 0 Å². The predicted molar refractivity (Wildman–Crippen MR) is 99.5 cm³/mol. The maximum absolute atomic E-state index is 12.5. The van der Waals surface area contributed by atoms with Gasteiger partial charge in [-0.2, -0.15) is 0 Å². The van der Waals surface area contributed by atoms with E-state index in [2.05, 4.69) is 27.7 Å². The lowest BCUT2D eigenvalue weighted by atomic mass is 9.48. The molecular weight excluding hydrogens is 292 g/mol. The van der Waals surface area contributed by atoms with Crippen LogP contribution in [0.5, 0.6) is 0 Å². The molecule has 4 fully saturated rings. The molecule has 0 amide bonds. The number of ketones is 1. The Kier molecular flexibility index (Phi) is 4.17. The van der Waals surface area contributed by atoms with E-state index in [-0.39, 0.29) is 0 Å². The van der Waals surface area contributed by atoms with Gasteiger partial charge in [-0.1, -0.05) is 34.1 Å². The molecule has 24 heavy (non-hydrogen) atoms. The van der Waals surface area contributed by atoms with Gasteiger partial charge in [0, 0.05) is 5.92 Å². The Labute approximate surface area is 149 Å². The van der Waals surface area contributed by atoms with Crippen molar-refractivity contribution in [2.45, 2.75) is 79.6 Å². The second kappa shape index (κ2) is 5.85. The lowest BCUT2D eigenvalue weighted by molar-refractivity contribution is -0.129. The molecule has 0 spiro atoms. The van der Waals surface area contributed by atoms with Crippen molar-refractivity contribution in [1.29, 1.82) is 0 Å². The first-order chi connectivity index (χ1) is 11.3. The number of carbonyl (C=O) groups is 1. The molecular formula is C23H38O. The molecule has 4 rings (SSSR count). The van der Waals surface area contributed by atoms with Gasteiger partial charge in [-0.15, -0.1) is 0 Å². The van der Waals surface area contributed by atoms with Gasteiger partial charge in [0.25, 0.3) is 0 Å². The predicted octanol–water partition coefficient (Wildman–Crippen LogP) is 5.97. The van der Waals surface area contributed by atoms with E-state index in [1.165, 1.54) is 44.9 Å². The maximum Gasteiger partial charge on any atom is 0.133 e. The smallest absolute Gasteiger partial charge is 0.133 e. The van der Waals surface area contributed by atoms with Crippen LogP contribution in [0.3, 0.4) is 0 Å². The van der Waals surface area contributed by atoms with E-state index in [0.29, 0.717) is 23.0 Å². The summed E-state index contributed by atoms with van der Waals surface area (Å²) in [5, 5.41) is 0. The Morgan fingerprint density at radius 1 is 0.875 bits per heavy atom. The van der Waals surface area contributed by atoms with Crippen LogP contribution >= 0.6 is 0 Å². The molecule has 136 valence electrons. The standard InChI is InChI=1S/C23H38O/c1-13-6-8-18-17(12-13)7-9-20-19(18)10-11-23(5)21(16(4)24)14(2)15(3)22(20)23/h13-15,17-22H,6-12H2,1-5H3/t13?,14?,15-,17?,18?,19?,20?,21?,22?,23?/m1/s1. The van der Waals surface area contributed by atoms with Gasteiger partial charge in [0.1, 0.15) is 5.78 Å². The van der Waals surface area contributed by atoms with Gasteiger partial charge in [0.05, 0.1) is 0 Å². The fourth-order valence-corrected chi connectivity index (χ4v) is 8.78. The molecule has 9 unspecified atom stereocenters. The highest BCUT2D eigenvalue weighted by molar-refractivity contribution is 5.80. The monoisotopic (exact) mass is 330 g/mol. The van der Waals surface area contributed by atoms with Crippen molar-refractivity contribution in [3.05, 3.63) is 0 Å². The quantitative estimate of drug-likeness (QED) is 0.578. The van der Waals surface area contributed by atoms with Crippen LogP contribution in [-0.2, 0) is 4.79 Å². The van der Waals surface area contributed by atoms with E-state index in [9.17, 15) is 4.79 Å². The van der Waals surface area contributed by atoms with Crippen LogP contribution in [0.4, 0.5) is 0 Å². The summed E-state index contributed by atoms with van der Waals surface area (Å²) in [6.45, 7) is 11.7. The number of carbonyl (C=O) groups excluding carboxylic acids is 1. The van der Waals surface area contributed by atoms with Crippen LogP contribution in [-0.4, -0.2) is 5.78 Å². The van der Waals surface area contributed by atoms with Crippen molar-refractivity contribution in [2.24, 2.45) is 58.7 Å². The molecule has 0 saturated heterocycles. The zero-order valence-corrected chi connectivity index (χ0v) is 16.6. The average Bonchev–Trinajstić information content (AvgIpc) is 2.73. The highest BCUT2D eigenvalue weighted by atomic mass is 16.1. The number of rotatable bonds is 1. The molecule has 4 saturated carbocycles. The Morgan fingerprint density at radius 2 is 1.58 bits per heavy atom. The third-order valence-electron chi connectivity index (χ3n) is 9.58. The summed E-state index contributed by atoms with van der Waals surface area (Å²) in [5.74, 6) is 7.82. The largest absolute Gasteiger partial charge is 0.300 e. The van der Waals surface area contributed by atoms with Crippen LogP contribution in [0.25, 0.3) is 0 Å². The van der Waals surface area contributed by atoms with Gasteiger partial charge in [0.15, 0.2) is 0 Å². The van der Waals surface area contributed by atoms with Crippen LogP contribution in [0.15, 0.2) is 0 Å². The Hall–Kier alpha value is -0.330. The van der Waals surface area contributed by atoms with Crippen molar-refractivity contribution >= 4 is 5.78 Å². The van der Waals surface area contributed by atoms with E-state index in [0.717, 1.165) is 41.4 Å². The molecule has 0 bridgehead atoms. The SMILES string of the molecule is CC(=O)C1C(C)[C@@H](C)C2C3CCC4CC(C)CCC4C3CCC12C. The van der Waals surface area contributed by atoms with Gasteiger partial charge in [0.2, 0.25) is 0 Å². The lowest BCUT2D eigenvalue weighted by Gasteiger charge is -2.56.